The zero-order valence-electron chi connectivity index (χ0n) is 26.0. The average molecular weight is 571 g/mol. The van der Waals surface area contributed by atoms with Gasteiger partial charge in [-0.1, -0.05) is 129 Å². The molecular formula is C42H38N2. The maximum absolute atomic E-state index is 5.05. The summed E-state index contributed by atoms with van der Waals surface area (Å²) in [7, 11) is 0. The Morgan fingerprint density at radius 3 is 1.98 bits per heavy atom. The Morgan fingerprint density at radius 1 is 0.614 bits per heavy atom. The van der Waals surface area contributed by atoms with Crippen LogP contribution in [-0.2, 0) is 6.42 Å². The third-order valence-corrected chi connectivity index (χ3v) is 8.28. The van der Waals surface area contributed by atoms with E-state index in [0.29, 0.717) is 0 Å². The molecular weight excluding hydrogens is 532 g/mol. The van der Waals surface area contributed by atoms with Crippen LogP contribution in [0.1, 0.15) is 49.4 Å². The van der Waals surface area contributed by atoms with E-state index >= 15 is 0 Å². The molecule has 0 unspecified atom stereocenters. The van der Waals surface area contributed by atoms with E-state index in [1.165, 1.54) is 44.2 Å². The largest absolute Gasteiger partial charge is 0.228 e. The number of aromatic nitrogens is 2. The Labute approximate surface area is 261 Å². The first-order valence-electron chi connectivity index (χ1n) is 15.7. The van der Waals surface area contributed by atoms with Gasteiger partial charge in [0, 0.05) is 16.7 Å². The average Bonchev–Trinajstić information content (AvgIpc) is 3.11. The highest BCUT2D eigenvalue weighted by atomic mass is 14.9. The van der Waals surface area contributed by atoms with Crippen molar-refractivity contribution in [1.82, 2.24) is 9.97 Å². The molecule has 6 aromatic rings. The summed E-state index contributed by atoms with van der Waals surface area (Å²) in [5.41, 5.74) is 13.0. The van der Waals surface area contributed by atoms with Crippen molar-refractivity contribution in [2.24, 2.45) is 0 Å². The second-order valence-corrected chi connectivity index (χ2v) is 10.9. The number of hydrogen-bond donors (Lipinski definition) is 0. The van der Waals surface area contributed by atoms with E-state index in [4.69, 9.17) is 9.97 Å². The highest BCUT2D eigenvalue weighted by Gasteiger charge is 2.17. The van der Waals surface area contributed by atoms with Gasteiger partial charge in [-0.3, -0.25) is 0 Å². The molecule has 2 heteroatoms. The number of allylic oxidation sites excluding steroid dienone is 2. The van der Waals surface area contributed by atoms with Gasteiger partial charge in [-0.25, -0.2) is 9.97 Å². The zero-order chi connectivity index (χ0) is 30.5. The molecule has 0 atom stereocenters. The molecule has 1 heterocycles. The number of hydrogen-bond acceptors (Lipinski definition) is 2. The summed E-state index contributed by atoms with van der Waals surface area (Å²) in [6.07, 6.45) is 11.3. The van der Waals surface area contributed by atoms with Crippen molar-refractivity contribution >= 4 is 22.9 Å². The van der Waals surface area contributed by atoms with Gasteiger partial charge in [0.1, 0.15) is 0 Å². The van der Waals surface area contributed by atoms with Crippen LogP contribution in [0, 0.1) is 6.92 Å². The van der Waals surface area contributed by atoms with Crippen molar-refractivity contribution in [3.63, 3.8) is 0 Å². The molecule has 44 heavy (non-hydrogen) atoms. The van der Waals surface area contributed by atoms with Crippen LogP contribution in [0.15, 0.2) is 121 Å². The molecule has 0 bridgehead atoms. The van der Waals surface area contributed by atoms with Crippen molar-refractivity contribution in [2.75, 3.05) is 0 Å². The minimum atomic E-state index is 0.729. The zero-order valence-corrected chi connectivity index (χ0v) is 26.0. The van der Waals surface area contributed by atoms with Crippen molar-refractivity contribution in [2.45, 2.75) is 40.5 Å². The Hall–Kier alpha value is -5.08. The summed E-state index contributed by atoms with van der Waals surface area (Å²) >= 11 is 0. The van der Waals surface area contributed by atoms with Crippen molar-refractivity contribution < 1.29 is 0 Å². The number of benzene rings is 5. The molecule has 1 aromatic heterocycles. The standard InChI is InChI=1S/C40H32N2.C2H6/c1-3-13-33-27(2)34-20-10-11-21-35(34)36-23-22-31(25-37(33)36)30-18-12-19-32(24-30)39-26-38(28-14-6-4-7-15-28)41-40(42-39)29-16-8-5-9-17-29;1-2/h3-9,11-19,21-26H,10,20H2,1-2H3;1-2H3/b13-3-;. The minimum absolute atomic E-state index is 0.729. The lowest BCUT2D eigenvalue weighted by Crippen LogP contribution is -2.02. The Bertz CT molecular complexity index is 1930. The van der Waals surface area contributed by atoms with Crippen molar-refractivity contribution in [3.8, 4) is 45.0 Å². The maximum Gasteiger partial charge on any atom is 0.160 e. The molecule has 0 fully saturated rings. The lowest BCUT2D eigenvalue weighted by molar-refractivity contribution is 0.974. The first-order chi connectivity index (χ1) is 21.7. The van der Waals surface area contributed by atoms with Crippen LogP contribution in [0.4, 0.5) is 0 Å². The molecule has 5 aromatic carbocycles. The second-order valence-electron chi connectivity index (χ2n) is 10.9. The maximum atomic E-state index is 5.05. The van der Waals surface area contributed by atoms with Crippen LogP contribution in [0.25, 0.3) is 68.0 Å². The third-order valence-electron chi connectivity index (χ3n) is 8.28. The van der Waals surface area contributed by atoms with Gasteiger partial charge in [-0.2, -0.15) is 0 Å². The summed E-state index contributed by atoms with van der Waals surface area (Å²) in [6, 6.07) is 38.3. The molecule has 0 aliphatic heterocycles. The molecule has 216 valence electrons. The van der Waals surface area contributed by atoms with E-state index in [1.54, 1.807) is 0 Å². The van der Waals surface area contributed by atoms with Crippen LogP contribution in [0.3, 0.4) is 0 Å². The normalized spacial score (nSPS) is 12.2. The van der Waals surface area contributed by atoms with E-state index < -0.39 is 0 Å². The highest BCUT2D eigenvalue weighted by molar-refractivity contribution is 6.01. The number of fused-ring (bicyclic) bond motifs is 3. The molecule has 0 N–H and O–H groups in total. The SMILES string of the molecule is C/C=C\c1c(C)c2c(c3ccc(-c4cccc(-c5cc(-c6ccccc6)nc(-c6ccccc6)n5)c4)cc13)C=CCC2.CC. The van der Waals surface area contributed by atoms with Crippen molar-refractivity contribution in [3.05, 3.63) is 144 Å². The fourth-order valence-corrected chi connectivity index (χ4v) is 6.16. The molecule has 0 saturated carbocycles. The predicted molar refractivity (Wildman–Crippen MR) is 189 cm³/mol. The lowest BCUT2D eigenvalue weighted by Gasteiger charge is -2.20. The van der Waals surface area contributed by atoms with Gasteiger partial charge >= 0.3 is 0 Å². The molecule has 2 nitrogen and oxygen atoms in total. The van der Waals surface area contributed by atoms with E-state index in [1.807, 2.05) is 38.1 Å². The summed E-state index contributed by atoms with van der Waals surface area (Å²) in [6.45, 7) is 8.39. The van der Waals surface area contributed by atoms with Gasteiger partial charge in [0.15, 0.2) is 5.82 Å². The fraction of sp³-hybridized carbons (Fsp3) is 0.143. The topological polar surface area (TPSA) is 25.8 Å². The van der Waals surface area contributed by atoms with E-state index in [-0.39, 0.29) is 0 Å². The lowest BCUT2D eigenvalue weighted by atomic mass is 9.84. The predicted octanol–water partition coefficient (Wildman–Crippen LogP) is 11.6. The molecule has 0 spiro atoms. The number of rotatable bonds is 5. The quantitative estimate of drug-likeness (QED) is 0.206. The smallest absolute Gasteiger partial charge is 0.160 e. The van der Waals surface area contributed by atoms with E-state index in [0.717, 1.165) is 46.7 Å². The van der Waals surface area contributed by atoms with Gasteiger partial charge in [-0.15, -0.1) is 0 Å². The van der Waals surface area contributed by atoms with E-state index in [9.17, 15) is 0 Å². The highest BCUT2D eigenvalue weighted by Crippen LogP contribution is 2.38. The molecule has 7 rings (SSSR count). The van der Waals surface area contributed by atoms with Gasteiger partial charge < -0.3 is 0 Å². The first-order valence-corrected chi connectivity index (χ1v) is 15.7. The summed E-state index contributed by atoms with van der Waals surface area (Å²) in [5, 5.41) is 2.63. The summed E-state index contributed by atoms with van der Waals surface area (Å²) in [4.78, 5) is 10.0. The van der Waals surface area contributed by atoms with Crippen LogP contribution in [0.5, 0.6) is 0 Å². The van der Waals surface area contributed by atoms with Gasteiger partial charge in [0.2, 0.25) is 0 Å². The Kier molecular flexibility index (Phi) is 8.61. The summed E-state index contributed by atoms with van der Waals surface area (Å²) in [5.74, 6) is 0.729. The Morgan fingerprint density at radius 2 is 1.25 bits per heavy atom. The molecule has 0 amide bonds. The summed E-state index contributed by atoms with van der Waals surface area (Å²) < 4.78 is 0. The van der Waals surface area contributed by atoms with Crippen LogP contribution >= 0.6 is 0 Å². The first kappa shape index (κ1) is 29.0. The molecule has 0 saturated heterocycles. The van der Waals surface area contributed by atoms with Crippen LogP contribution < -0.4 is 0 Å². The Balaban J connectivity index is 0.00000168. The fourth-order valence-electron chi connectivity index (χ4n) is 6.16. The molecule has 1 aliphatic carbocycles. The van der Waals surface area contributed by atoms with E-state index in [2.05, 4.69) is 123 Å². The minimum Gasteiger partial charge on any atom is -0.228 e. The van der Waals surface area contributed by atoms with Gasteiger partial charge in [0.25, 0.3) is 0 Å². The number of nitrogens with zero attached hydrogens (tertiary/aromatic N) is 2. The molecule has 1 aliphatic rings. The van der Waals surface area contributed by atoms with Gasteiger partial charge in [-0.05, 0) is 89.0 Å². The third kappa shape index (κ3) is 5.64. The van der Waals surface area contributed by atoms with Crippen LogP contribution in [0.2, 0.25) is 0 Å². The van der Waals surface area contributed by atoms with Crippen LogP contribution in [-0.4, -0.2) is 9.97 Å². The second kappa shape index (κ2) is 13.1. The monoisotopic (exact) mass is 570 g/mol. The molecule has 0 radical (unpaired) electrons. The van der Waals surface area contributed by atoms with Crippen molar-refractivity contribution in [1.29, 1.82) is 0 Å². The van der Waals surface area contributed by atoms with Gasteiger partial charge in [0.05, 0.1) is 11.4 Å².